The standard InChI is InChI=1S/C16H23N3O2/c1-4-17-12-14-11-15(20-3)5-6-16(14)21-10-9-19-8-7-18-13(19)2/h5-8,11,17H,4,9-10,12H2,1-3H3. The lowest BCUT2D eigenvalue weighted by Crippen LogP contribution is -2.14. The lowest BCUT2D eigenvalue weighted by atomic mass is 10.2. The maximum atomic E-state index is 5.92. The quantitative estimate of drug-likeness (QED) is 0.810. The molecule has 1 N–H and O–H groups in total. The molecular formula is C16H23N3O2. The van der Waals surface area contributed by atoms with Crippen LogP contribution in [0.2, 0.25) is 0 Å². The van der Waals surface area contributed by atoms with Crippen LogP contribution in [-0.2, 0) is 13.1 Å². The summed E-state index contributed by atoms with van der Waals surface area (Å²) in [6.45, 7) is 7.17. The van der Waals surface area contributed by atoms with Crippen LogP contribution in [0.15, 0.2) is 30.6 Å². The van der Waals surface area contributed by atoms with E-state index in [2.05, 4.69) is 21.8 Å². The normalized spacial score (nSPS) is 10.6. The van der Waals surface area contributed by atoms with Crippen molar-refractivity contribution in [2.45, 2.75) is 26.9 Å². The summed E-state index contributed by atoms with van der Waals surface area (Å²) in [6, 6.07) is 5.90. The summed E-state index contributed by atoms with van der Waals surface area (Å²) in [4.78, 5) is 4.20. The molecular weight excluding hydrogens is 266 g/mol. The smallest absolute Gasteiger partial charge is 0.124 e. The van der Waals surface area contributed by atoms with Gasteiger partial charge >= 0.3 is 0 Å². The Bertz CT molecular complexity index is 566. The van der Waals surface area contributed by atoms with E-state index in [-0.39, 0.29) is 0 Å². The first-order valence-electron chi connectivity index (χ1n) is 7.22. The zero-order chi connectivity index (χ0) is 15.1. The highest BCUT2D eigenvalue weighted by Crippen LogP contribution is 2.24. The summed E-state index contributed by atoms with van der Waals surface area (Å²) in [5.74, 6) is 2.75. The molecule has 2 aromatic rings. The topological polar surface area (TPSA) is 48.3 Å². The first-order valence-corrected chi connectivity index (χ1v) is 7.22. The Hall–Kier alpha value is -2.01. The zero-order valence-corrected chi connectivity index (χ0v) is 12.9. The van der Waals surface area contributed by atoms with Crippen LogP contribution in [0.25, 0.3) is 0 Å². The van der Waals surface area contributed by atoms with Crippen LogP contribution in [0.5, 0.6) is 11.5 Å². The molecule has 0 aliphatic heterocycles. The molecule has 0 atom stereocenters. The molecule has 0 amide bonds. The summed E-state index contributed by atoms with van der Waals surface area (Å²) >= 11 is 0. The number of benzene rings is 1. The molecule has 0 aliphatic rings. The van der Waals surface area contributed by atoms with Crippen LogP contribution in [0.4, 0.5) is 0 Å². The lowest BCUT2D eigenvalue weighted by molar-refractivity contribution is 0.293. The van der Waals surface area contributed by atoms with Gasteiger partial charge in [-0.3, -0.25) is 0 Å². The number of nitrogens with zero attached hydrogens (tertiary/aromatic N) is 2. The molecule has 2 rings (SSSR count). The first-order chi connectivity index (χ1) is 10.2. The molecule has 0 bridgehead atoms. The van der Waals surface area contributed by atoms with Crippen LogP contribution in [-0.4, -0.2) is 29.8 Å². The second kappa shape index (κ2) is 7.69. The van der Waals surface area contributed by atoms with Gasteiger partial charge in [0.1, 0.15) is 23.9 Å². The monoisotopic (exact) mass is 289 g/mol. The van der Waals surface area contributed by atoms with Gasteiger partial charge in [0.25, 0.3) is 0 Å². The van der Waals surface area contributed by atoms with Crippen molar-refractivity contribution in [3.63, 3.8) is 0 Å². The third-order valence-corrected chi connectivity index (χ3v) is 3.35. The minimum atomic E-state index is 0.614. The Balaban J connectivity index is 1.99. The van der Waals surface area contributed by atoms with Gasteiger partial charge < -0.3 is 19.4 Å². The summed E-state index contributed by atoms with van der Waals surface area (Å²) in [5.41, 5.74) is 1.11. The van der Waals surface area contributed by atoms with Crippen molar-refractivity contribution in [3.8, 4) is 11.5 Å². The Morgan fingerprint density at radius 2 is 2.19 bits per heavy atom. The number of ether oxygens (including phenoxy) is 2. The minimum absolute atomic E-state index is 0.614. The van der Waals surface area contributed by atoms with E-state index in [1.54, 1.807) is 13.3 Å². The Morgan fingerprint density at radius 1 is 1.33 bits per heavy atom. The number of hydrogen-bond acceptors (Lipinski definition) is 4. The molecule has 5 heteroatoms. The van der Waals surface area contributed by atoms with Gasteiger partial charge in [-0.1, -0.05) is 6.92 Å². The van der Waals surface area contributed by atoms with Gasteiger partial charge in [0, 0.05) is 24.5 Å². The third kappa shape index (κ3) is 4.23. The van der Waals surface area contributed by atoms with Crippen LogP contribution in [0, 0.1) is 6.92 Å². The fraction of sp³-hybridized carbons (Fsp3) is 0.438. The Labute approximate surface area is 125 Å². The number of hydrogen-bond donors (Lipinski definition) is 1. The van der Waals surface area contributed by atoms with Gasteiger partial charge in [-0.25, -0.2) is 4.98 Å². The van der Waals surface area contributed by atoms with Gasteiger partial charge in [0.15, 0.2) is 0 Å². The van der Waals surface area contributed by atoms with Gasteiger partial charge in [0.05, 0.1) is 13.7 Å². The molecule has 0 fully saturated rings. The van der Waals surface area contributed by atoms with E-state index < -0.39 is 0 Å². The molecule has 0 aliphatic carbocycles. The molecule has 5 nitrogen and oxygen atoms in total. The average Bonchev–Trinajstić information content (AvgIpc) is 2.91. The molecule has 0 unspecified atom stereocenters. The molecule has 1 heterocycles. The van der Waals surface area contributed by atoms with E-state index in [0.29, 0.717) is 6.61 Å². The number of aromatic nitrogens is 2. The fourth-order valence-electron chi connectivity index (χ4n) is 2.12. The minimum Gasteiger partial charge on any atom is -0.497 e. The van der Waals surface area contributed by atoms with E-state index >= 15 is 0 Å². The lowest BCUT2D eigenvalue weighted by Gasteiger charge is -2.14. The second-order valence-corrected chi connectivity index (χ2v) is 4.77. The fourth-order valence-corrected chi connectivity index (χ4v) is 2.12. The van der Waals surface area contributed by atoms with Gasteiger partial charge in [-0.15, -0.1) is 0 Å². The molecule has 1 aromatic heterocycles. The van der Waals surface area contributed by atoms with Crippen molar-refractivity contribution in [2.24, 2.45) is 0 Å². The van der Waals surface area contributed by atoms with Crippen molar-refractivity contribution >= 4 is 0 Å². The van der Waals surface area contributed by atoms with E-state index in [1.165, 1.54) is 0 Å². The molecule has 21 heavy (non-hydrogen) atoms. The number of aryl methyl sites for hydroxylation is 1. The molecule has 0 radical (unpaired) electrons. The van der Waals surface area contributed by atoms with Gasteiger partial charge in [-0.05, 0) is 31.7 Å². The van der Waals surface area contributed by atoms with E-state index in [9.17, 15) is 0 Å². The molecule has 0 spiro atoms. The Morgan fingerprint density at radius 3 is 2.86 bits per heavy atom. The molecule has 1 aromatic carbocycles. The largest absolute Gasteiger partial charge is 0.497 e. The highest BCUT2D eigenvalue weighted by Gasteiger charge is 2.06. The van der Waals surface area contributed by atoms with Crippen LogP contribution in [0.1, 0.15) is 18.3 Å². The SMILES string of the molecule is CCNCc1cc(OC)ccc1OCCn1ccnc1C. The third-order valence-electron chi connectivity index (χ3n) is 3.35. The average molecular weight is 289 g/mol. The molecule has 0 saturated carbocycles. The predicted molar refractivity (Wildman–Crippen MR) is 82.8 cm³/mol. The maximum absolute atomic E-state index is 5.92. The zero-order valence-electron chi connectivity index (χ0n) is 12.9. The second-order valence-electron chi connectivity index (χ2n) is 4.77. The summed E-state index contributed by atoms with van der Waals surface area (Å²) in [5, 5.41) is 3.32. The molecule has 0 saturated heterocycles. The van der Waals surface area contributed by atoms with Crippen molar-refractivity contribution in [3.05, 3.63) is 42.0 Å². The highest BCUT2D eigenvalue weighted by atomic mass is 16.5. The first kappa shape index (κ1) is 15.4. The van der Waals surface area contributed by atoms with Crippen molar-refractivity contribution < 1.29 is 9.47 Å². The van der Waals surface area contributed by atoms with Gasteiger partial charge in [-0.2, -0.15) is 0 Å². The van der Waals surface area contributed by atoms with E-state index in [1.807, 2.05) is 31.3 Å². The number of imidazole rings is 1. The summed E-state index contributed by atoms with van der Waals surface area (Å²) in [7, 11) is 1.68. The van der Waals surface area contributed by atoms with Crippen molar-refractivity contribution in [1.29, 1.82) is 0 Å². The molecule has 114 valence electrons. The van der Waals surface area contributed by atoms with Crippen LogP contribution in [0.3, 0.4) is 0 Å². The highest BCUT2D eigenvalue weighted by molar-refractivity contribution is 5.40. The summed E-state index contributed by atoms with van der Waals surface area (Å²) < 4.78 is 13.3. The number of nitrogens with one attached hydrogen (secondary N) is 1. The predicted octanol–water partition coefficient (Wildman–Crippen LogP) is 2.39. The van der Waals surface area contributed by atoms with Crippen LogP contribution < -0.4 is 14.8 Å². The maximum Gasteiger partial charge on any atom is 0.124 e. The van der Waals surface area contributed by atoms with Crippen LogP contribution >= 0.6 is 0 Å². The van der Waals surface area contributed by atoms with E-state index in [0.717, 1.165) is 42.5 Å². The van der Waals surface area contributed by atoms with Crippen molar-refractivity contribution in [1.82, 2.24) is 14.9 Å². The number of rotatable bonds is 8. The summed E-state index contributed by atoms with van der Waals surface area (Å²) in [6.07, 6.45) is 3.77. The van der Waals surface area contributed by atoms with E-state index in [4.69, 9.17) is 9.47 Å². The Kier molecular flexibility index (Phi) is 5.63. The van der Waals surface area contributed by atoms with Gasteiger partial charge in [0.2, 0.25) is 0 Å². The number of methoxy groups -OCH3 is 1. The van der Waals surface area contributed by atoms with Crippen molar-refractivity contribution in [2.75, 3.05) is 20.3 Å².